The maximum atomic E-state index is 14.2. The number of nitrogens with zero attached hydrogens (tertiary/aromatic N) is 2. The lowest BCUT2D eigenvalue weighted by Crippen LogP contribution is -2.30. The lowest BCUT2D eigenvalue weighted by molar-refractivity contribution is 0.0985. The zero-order valence-corrected chi connectivity index (χ0v) is 17.5. The number of aromatic nitrogens is 1. The third kappa shape index (κ3) is 4.33. The van der Waals surface area contributed by atoms with Crippen molar-refractivity contribution in [2.45, 2.75) is 18.4 Å². The van der Waals surface area contributed by atoms with Gasteiger partial charge in [-0.25, -0.2) is 9.37 Å². The van der Waals surface area contributed by atoms with Crippen LogP contribution in [0.1, 0.15) is 22.8 Å². The number of fused-ring (bicyclic) bond motifs is 1. The van der Waals surface area contributed by atoms with E-state index < -0.39 is 0 Å². The summed E-state index contributed by atoms with van der Waals surface area (Å²) >= 11 is 3.02. The number of carbonyl (C=O) groups is 1. The van der Waals surface area contributed by atoms with Gasteiger partial charge in [-0.05, 0) is 41.6 Å². The molecule has 0 aliphatic carbocycles. The molecule has 0 radical (unpaired) electrons. The fourth-order valence-corrected chi connectivity index (χ4v) is 4.75. The summed E-state index contributed by atoms with van der Waals surface area (Å²) in [5.74, 6) is 0.410. The van der Waals surface area contributed by atoms with Crippen LogP contribution in [0.4, 0.5) is 9.52 Å². The van der Waals surface area contributed by atoms with Crippen molar-refractivity contribution in [2.75, 3.05) is 10.7 Å². The molecule has 0 unspecified atom stereocenters. The maximum Gasteiger partial charge on any atom is 0.260 e. The molecule has 0 saturated heterocycles. The lowest BCUT2D eigenvalue weighted by atomic mass is 10.1. The van der Waals surface area contributed by atoms with E-state index in [1.54, 1.807) is 22.7 Å². The van der Waals surface area contributed by atoms with E-state index in [1.807, 2.05) is 60.7 Å². The summed E-state index contributed by atoms with van der Waals surface area (Å²) in [5, 5.41) is 0.493. The van der Waals surface area contributed by atoms with Gasteiger partial charge in [-0.3, -0.25) is 9.69 Å². The van der Waals surface area contributed by atoms with Gasteiger partial charge in [-0.15, -0.1) is 11.8 Å². The minimum absolute atomic E-state index is 0.146. The van der Waals surface area contributed by atoms with Crippen LogP contribution in [0.2, 0.25) is 0 Å². The maximum absolute atomic E-state index is 14.2. The quantitative estimate of drug-likeness (QED) is 0.337. The zero-order valence-electron chi connectivity index (χ0n) is 15.8. The van der Waals surface area contributed by atoms with E-state index in [-0.39, 0.29) is 11.7 Å². The van der Waals surface area contributed by atoms with Crippen molar-refractivity contribution < 1.29 is 9.18 Å². The van der Waals surface area contributed by atoms with E-state index in [9.17, 15) is 9.18 Å². The van der Waals surface area contributed by atoms with Crippen molar-refractivity contribution in [1.82, 2.24) is 4.98 Å². The summed E-state index contributed by atoms with van der Waals surface area (Å²) in [7, 11) is 0. The van der Waals surface area contributed by atoms with E-state index in [2.05, 4.69) is 11.9 Å². The van der Waals surface area contributed by atoms with Crippen molar-refractivity contribution in [3.63, 3.8) is 0 Å². The Hall–Kier alpha value is -2.70. The van der Waals surface area contributed by atoms with Crippen LogP contribution in [0.5, 0.6) is 0 Å². The third-order valence-electron chi connectivity index (χ3n) is 4.41. The number of rotatable bonds is 6. The van der Waals surface area contributed by atoms with E-state index in [0.717, 1.165) is 20.9 Å². The lowest BCUT2D eigenvalue weighted by Gasteiger charge is -2.20. The summed E-state index contributed by atoms with van der Waals surface area (Å²) in [4.78, 5) is 20.6. The Bertz CT molecular complexity index is 1140. The van der Waals surface area contributed by atoms with E-state index in [4.69, 9.17) is 0 Å². The van der Waals surface area contributed by atoms with Crippen LogP contribution in [-0.2, 0) is 6.54 Å². The fraction of sp³-hybridized carbons (Fsp3) is 0.130. The Kier molecular flexibility index (Phi) is 5.92. The van der Waals surface area contributed by atoms with Crippen LogP contribution >= 0.6 is 23.1 Å². The van der Waals surface area contributed by atoms with Crippen molar-refractivity contribution in [3.05, 3.63) is 89.7 Å². The van der Waals surface area contributed by atoms with Crippen LogP contribution in [0, 0.1) is 5.82 Å². The van der Waals surface area contributed by atoms with Gasteiger partial charge >= 0.3 is 0 Å². The monoisotopic (exact) mass is 422 g/mol. The third-order valence-corrected chi connectivity index (χ3v) is 6.33. The molecule has 146 valence electrons. The van der Waals surface area contributed by atoms with E-state index in [0.29, 0.717) is 22.8 Å². The second-order valence-electron chi connectivity index (χ2n) is 6.42. The molecule has 0 aliphatic rings. The molecule has 0 spiro atoms. The van der Waals surface area contributed by atoms with Gasteiger partial charge in [-0.1, -0.05) is 60.7 Å². The van der Waals surface area contributed by atoms with E-state index >= 15 is 0 Å². The normalized spacial score (nSPS) is 11.0. The number of para-hydroxylation sites is 1. The molecule has 0 bridgehead atoms. The summed E-state index contributed by atoms with van der Waals surface area (Å²) in [6, 6.07) is 22.2. The van der Waals surface area contributed by atoms with Gasteiger partial charge in [0.2, 0.25) is 0 Å². The number of carbonyl (C=O) groups excluding carboxylic acids is 1. The number of thioether (sulfide) groups is 1. The molecule has 29 heavy (non-hydrogen) atoms. The topological polar surface area (TPSA) is 33.2 Å². The molecule has 3 aromatic carbocycles. The first-order chi connectivity index (χ1) is 14.2. The Morgan fingerprint density at radius 2 is 1.86 bits per heavy atom. The van der Waals surface area contributed by atoms with Crippen LogP contribution in [-0.4, -0.2) is 16.6 Å². The summed E-state index contributed by atoms with van der Waals surface area (Å²) < 4.78 is 14.9. The molecule has 0 saturated carbocycles. The van der Waals surface area contributed by atoms with Gasteiger partial charge in [0, 0.05) is 10.5 Å². The highest BCUT2D eigenvalue weighted by Crippen LogP contribution is 2.32. The van der Waals surface area contributed by atoms with Crippen LogP contribution in [0.15, 0.2) is 77.7 Å². The van der Waals surface area contributed by atoms with Crippen LogP contribution < -0.4 is 4.90 Å². The van der Waals surface area contributed by atoms with Crippen LogP contribution in [0.3, 0.4) is 0 Å². The molecule has 3 nitrogen and oxygen atoms in total. The number of benzene rings is 3. The first-order valence-electron chi connectivity index (χ1n) is 9.29. The second-order valence-corrected chi connectivity index (χ2v) is 8.77. The predicted octanol–water partition coefficient (Wildman–Crippen LogP) is 6.39. The molecule has 0 fully saturated rings. The Balaban J connectivity index is 1.76. The van der Waals surface area contributed by atoms with E-state index in [1.165, 1.54) is 17.4 Å². The summed E-state index contributed by atoms with van der Waals surface area (Å²) in [5.41, 5.74) is 1.88. The standard InChI is InChI=1S/C23H19FN2OS2/c1-2-28-18-11-6-10-17(14-18)22(27)26(15-16-8-4-3-5-9-16)23-25-21-19(24)12-7-13-20(21)29-23/h3-14H,2,15H2,1H3. The average molecular weight is 423 g/mol. The number of halogens is 1. The second kappa shape index (κ2) is 8.76. The van der Waals surface area contributed by atoms with Gasteiger partial charge in [0.15, 0.2) is 5.13 Å². The van der Waals surface area contributed by atoms with Crippen LogP contribution in [0.25, 0.3) is 10.2 Å². The molecule has 0 atom stereocenters. The SMILES string of the molecule is CCSc1cccc(C(=O)N(Cc2ccccc2)c2nc3c(F)cccc3s2)c1. The number of amides is 1. The largest absolute Gasteiger partial charge is 0.279 e. The number of hydrogen-bond acceptors (Lipinski definition) is 4. The van der Waals surface area contributed by atoms with Crippen molar-refractivity contribution >= 4 is 44.4 Å². The van der Waals surface area contributed by atoms with Gasteiger partial charge in [0.1, 0.15) is 11.3 Å². The number of thiazole rings is 1. The van der Waals surface area contributed by atoms with Gasteiger partial charge in [0.05, 0.1) is 11.2 Å². The average Bonchev–Trinajstić information content (AvgIpc) is 3.18. The molecule has 6 heteroatoms. The molecule has 0 N–H and O–H groups in total. The molecule has 1 heterocycles. The van der Waals surface area contributed by atoms with Gasteiger partial charge in [-0.2, -0.15) is 0 Å². The fourth-order valence-electron chi connectivity index (χ4n) is 3.05. The zero-order chi connectivity index (χ0) is 20.2. The minimum Gasteiger partial charge on any atom is -0.279 e. The number of hydrogen-bond donors (Lipinski definition) is 0. The predicted molar refractivity (Wildman–Crippen MR) is 119 cm³/mol. The molecule has 1 aromatic heterocycles. The molecule has 1 amide bonds. The Morgan fingerprint density at radius 3 is 2.62 bits per heavy atom. The molecular weight excluding hydrogens is 403 g/mol. The first kappa shape index (κ1) is 19.6. The molecule has 4 rings (SSSR count). The van der Waals surface area contributed by atoms with Gasteiger partial charge in [0.25, 0.3) is 5.91 Å². The summed E-state index contributed by atoms with van der Waals surface area (Å²) in [6.45, 7) is 2.45. The highest BCUT2D eigenvalue weighted by Gasteiger charge is 2.22. The van der Waals surface area contributed by atoms with Crippen molar-refractivity contribution in [1.29, 1.82) is 0 Å². The smallest absolute Gasteiger partial charge is 0.260 e. The minimum atomic E-state index is -0.376. The number of anilines is 1. The molecule has 4 aromatic rings. The Labute approximate surface area is 177 Å². The molecular formula is C23H19FN2OS2. The first-order valence-corrected chi connectivity index (χ1v) is 11.1. The summed E-state index contributed by atoms with van der Waals surface area (Å²) in [6.07, 6.45) is 0. The Morgan fingerprint density at radius 1 is 1.07 bits per heavy atom. The van der Waals surface area contributed by atoms with Gasteiger partial charge < -0.3 is 0 Å². The van der Waals surface area contributed by atoms with Crippen molar-refractivity contribution in [2.24, 2.45) is 0 Å². The molecule has 0 aliphatic heterocycles. The highest BCUT2D eigenvalue weighted by atomic mass is 32.2. The highest BCUT2D eigenvalue weighted by molar-refractivity contribution is 7.99. The van der Waals surface area contributed by atoms with Crippen molar-refractivity contribution in [3.8, 4) is 0 Å².